The number of aliphatic hydroxyl groups is 1. The molecule has 2 nitrogen and oxygen atoms in total. The molecule has 0 saturated heterocycles. The molecule has 84 valence electrons. The highest BCUT2D eigenvalue weighted by Gasteiger charge is 2.31. The Hall–Kier alpha value is -0.0800. The van der Waals surface area contributed by atoms with Crippen LogP contribution >= 0.6 is 0 Å². The molecule has 0 aromatic rings. The molecule has 0 aliphatic heterocycles. The number of nitrogens with one attached hydrogen (secondary N) is 1. The summed E-state index contributed by atoms with van der Waals surface area (Å²) in [6, 6.07) is 1.24. The molecule has 2 atom stereocenters. The lowest BCUT2D eigenvalue weighted by Crippen LogP contribution is -2.39. The first-order valence-corrected chi connectivity index (χ1v) is 6.18. The second-order valence-electron chi connectivity index (χ2n) is 4.52. The summed E-state index contributed by atoms with van der Waals surface area (Å²) >= 11 is 0. The molecule has 1 aliphatic rings. The molecular formula is C12H25NO. The van der Waals surface area contributed by atoms with E-state index in [2.05, 4.69) is 19.2 Å². The first-order chi connectivity index (χ1) is 6.81. The van der Waals surface area contributed by atoms with Crippen LogP contribution in [0, 0.1) is 5.92 Å². The molecule has 0 spiro atoms. The number of hydrogen-bond donors (Lipinski definition) is 2. The standard InChI is InChI=1S/C12H25NO/c1-3-5-11(4-2)13-12(8-9-14)10-6-7-10/h10-14H,3-9H2,1-2H3. The van der Waals surface area contributed by atoms with Gasteiger partial charge in [0.2, 0.25) is 0 Å². The van der Waals surface area contributed by atoms with E-state index in [0.29, 0.717) is 18.7 Å². The van der Waals surface area contributed by atoms with Crippen LogP contribution in [0.15, 0.2) is 0 Å². The van der Waals surface area contributed by atoms with E-state index in [1.54, 1.807) is 0 Å². The van der Waals surface area contributed by atoms with Gasteiger partial charge in [-0.1, -0.05) is 20.3 Å². The maximum atomic E-state index is 8.99. The molecule has 2 N–H and O–H groups in total. The average molecular weight is 199 g/mol. The van der Waals surface area contributed by atoms with Crippen molar-refractivity contribution in [2.45, 2.75) is 64.5 Å². The molecule has 0 aromatic carbocycles. The summed E-state index contributed by atoms with van der Waals surface area (Å²) in [5.74, 6) is 0.855. The third-order valence-electron chi connectivity index (χ3n) is 3.21. The van der Waals surface area contributed by atoms with Crippen LogP contribution in [0.25, 0.3) is 0 Å². The highest BCUT2D eigenvalue weighted by Crippen LogP contribution is 2.34. The van der Waals surface area contributed by atoms with Gasteiger partial charge in [-0.25, -0.2) is 0 Å². The zero-order chi connectivity index (χ0) is 10.4. The molecule has 14 heavy (non-hydrogen) atoms. The third-order valence-corrected chi connectivity index (χ3v) is 3.21. The zero-order valence-electron chi connectivity index (χ0n) is 9.63. The van der Waals surface area contributed by atoms with Gasteiger partial charge in [0, 0.05) is 18.7 Å². The number of aliphatic hydroxyl groups excluding tert-OH is 1. The van der Waals surface area contributed by atoms with Crippen molar-refractivity contribution in [1.29, 1.82) is 0 Å². The van der Waals surface area contributed by atoms with Crippen LogP contribution in [-0.4, -0.2) is 23.8 Å². The molecule has 0 amide bonds. The van der Waals surface area contributed by atoms with Crippen molar-refractivity contribution in [2.24, 2.45) is 5.92 Å². The molecule has 0 heterocycles. The Morgan fingerprint density at radius 3 is 2.43 bits per heavy atom. The summed E-state index contributed by atoms with van der Waals surface area (Å²) in [4.78, 5) is 0. The maximum Gasteiger partial charge on any atom is 0.0445 e. The fraction of sp³-hybridized carbons (Fsp3) is 1.00. The highest BCUT2D eigenvalue weighted by atomic mass is 16.3. The van der Waals surface area contributed by atoms with Crippen LogP contribution in [0.5, 0.6) is 0 Å². The van der Waals surface area contributed by atoms with Gasteiger partial charge in [-0.3, -0.25) is 0 Å². The third kappa shape index (κ3) is 3.97. The predicted octanol–water partition coefficient (Wildman–Crippen LogP) is 2.32. The van der Waals surface area contributed by atoms with Gasteiger partial charge in [-0.2, -0.15) is 0 Å². The first-order valence-electron chi connectivity index (χ1n) is 6.18. The smallest absolute Gasteiger partial charge is 0.0445 e. The molecule has 1 fully saturated rings. The Labute approximate surface area is 88.1 Å². The molecule has 1 saturated carbocycles. The number of hydrogen-bond acceptors (Lipinski definition) is 2. The Balaban J connectivity index is 2.27. The van der Waals surface area contributed by atoms with E-state index in [-0.39, 0.29) is 0 Å². The maximum absolute atomic E-state index is 8.99. The van der Waals surface area contributed by atoms with Crippen LogP contribution in [0.4, 0.5) is 0 Å². The monoisotopic (exact) mass is 199 g/mol. The Morgan fingerprint density at radius 2 is 2.00 bits per heavy atom. The lowest BCUT2D eigenvalue weighted by molar-refractivity contribution is 0.244. The van der Waals surface area contributed by atoms with E-state index in [0.717, 1.165) is 12.3 Å². The Kier molecular flexibility index (Phi) is 5.49. The van der Waals surface area contributed by atoms with Crippen LogP contribution in [0.2, 0.25) is 0 Å². The minimum atomic E-state index is 0.330. The van der Waals surface area contributed by atoms with Crippen LogP contribution in [-0.2, 0) is 0 Å². The number of rotatable bonds is 8. The van der Waals surface area contributed by atoms with Gasteiger partial charge in [-0.15, -0.1) is 0 Å². The molecule has 0 aromatic heterocycles. The summed E-state index contributed by atoms with van der Waals surface area (Å²) in [5.41, 5.74) is 0. The van der Waals surface area contributed by atoms with Crippen molar-refractivity contribution in [3.63, 3.8) is 0 Å². The molecule has 2 heteroatoms. The molecule has 1 aliphatic carbocycles. The van der Waals surface area contributed by atoms with Crippen LogP contribution in [0.1, 0.15) is 52.4 Å². The molecule has 1 rings (SSSR count). The normalized spacial score (nSPS) is 20.8. The second kappa shape index (κ2) is 6.41. The fourth-order valence-corrected chi connectivity index (χ4v) is 2.15. The Bertz CT molecular complexity index is 145. The van der Waals surface area contributed by atoms with Gasteiger partial charge < -0.3 is 10.4 Å². The summed E-state index contributed by atoms with van der Waals surface area (Å²) in [6.45, 7) is 4.81. The van der Waals surface area contributed by atoms with E-state index in [9.17, 15) is 0 Å². The zero-order valence-corrected chi connectivity index (χ0v) is 9.63. The quantitative estimate of drug-likeness (QED) is 0.629. The van der Waals surface area contributed by atoms with E-state index < -0.39 is 0 Å². The van der Waals surface area contributed by atoms with Gasteiger partial charge in [0.25, 0.3) is 0 Å². The fourth-order valence-electron chi connectivity index (χ4n) is 2.15. The van der Waals surface area contributed by atoms with E-state index in [4.69, 9.17) is 5.11 Å². The van der Waals surface area contributed by atoms with Gasteiger partial charge in [0.15, 0.2) is 0 Å². The minimum absolute atomic E-state index is 0.330. The van der Waals surface area contributed by atoms with Gasteiger partial charge in [-0.05, 0) is 38.0 Å². The van der Waals surface area contributed by atoms with Gasteiger partial charge in [0.05, 0.1) is 0 Å². The summed E-state index contributed by atoms with van der Waals surface area (Å²) < 4.78 is 0. The van der Waals surface area contributed by atoms with Crippen molar-refractivity contribution < 1.29 is 5.11 Å². The average Bonchev–Trinajstić information content (AvgIpc) is 2.99. The van der Waals surface area contributed by atoms with Crippen LogP contribution < -0.4 is 5.32 Å². The first kappa shape index (κ1) is 12.0. The molecule has 0 radical (unpaired) electrons. The van der Waals surface area contributed by atoms with Crippen LogP contribution in [0.3, 0.4) is 0 Å². The lowest BCUT2D eigenvalue weighted by atomic mass is 10.0. The highest BCUT2D eigenvalue weighted by molar-refractivity contribution is 4.88. The predicted molar refractivity (Wildman–Crippen MR) is 60.3 cm³/mol. The summed E-state index contributed by atoms with van der Waals surface area (Å²) in [7, 11) is 0. The van der Waals surface area contributed by atoms with E-state index in [1.807, 2.05) is 0 Å². The van der Waals surface area contributed by atoms with Crippen molar-refractivity contribution in [3.8, 4) is 0 Å². The van der Waals surface area contributed by atoms with Crippen molar-refractivity contribution >= 4 is 0 Å². The van der Waals surface area contributed by atoms with E-state index >= 15 is 0 Å². The minimum Gasteiger partial charge on any atom is -0.396 e. The topological polar surface area (TPSA) is 32.3 Å². The molecular weight excluding hydrogens is 174 g/mol. The SMILES string of the molecule is CCCC(CC)NC(CCO)C1CC1. The van der Waals surface area contributed by atoms with Crippen molar-refractivity contribution in [3.05, 3.63) is 0 Å². The lowest BCUT2D eigenvalue weighted by Gasteiger charge is -2.24. The largest absolute Gasteiger partial charge is 0.396 e. The Morgan fingerprint density at radius 1 is 1.29 bits per heavy atom. The molecule has 2 unspecified atom stereocenters. The van der Waals surface area contributed by atoms with Crippen molar-refractivity contribution in [2.75, 3.05) is 6.61 Å². The summed E-state index contributed by atoms with van der Waals surface area (Å²) in [6.07, 6.45) is 7.39. The van der Waals surface area contributed by atoms with E-state index in [1.165, 1.54) is 32.1 Å². The van der Waals surface area contributed by atoms with Crippen molar-refractivity contribution in [1.82, 2.24) is 5.32 Å². The second-order valence-corrected chi connectivity index (χ2v) is 4.52. The van der Waals surface area contributed by atoms with Gasteiger partial charge in [0.1, 0.15) is 0 Å². The molecule has 0 bridgehead atoms. The summed E-state index contributed by atoms with van der Waals surface area (Å²) in [5, 5.41) is 12.7. The van der Waals surface area contributed by atoms with Gasteiger partial charge >= 0.3 is 0 Å².